The molecule has 0 bridgehead atoms. The van der Waals surface area contributed by atoms with Gasteiger partial charge in [0.1, 0.15) is 6.23 Å². The molecule has 1 aromatic rings. The van der Waals surface area contributed by atoms with Gasteiger partial charge >= 0.3 is 0 Å². The molecule has 1 aliphatic heterocycles. The topological polar surface area (TPSA) is 63.7 Å². The van der Waals surface area contributed by atoms with E-state index in [-0.39, 0.29) is 17.2 Å². The first-order valence-electron chi connectivity index (χ1n) is 7.81. The summed E-state index contributed by atoms with van der Waals surface area (Å²) in [5, 5.41) is 0. The smallest absolute Gasteiger partial charge is 0.268 e. The predicted octanol–water partition coefficient (Wildman–Crippen LogP) is 2.92. The van der Waals surface area contributed by atoms with Crippen LogP contribution in [0.5, 0.6) is 0 Å². The fraction of sp³-hybridized carbons (Fsp3) is 0.562. The van der Waals surface area contributed by atoms with Crippen LogP contribution in [0, 0.1) is 0 Å². The van der Waals surface area contributed by atoms with Gasteiger partial charge < -0.3 is 4.74 Å². The van der Waals surface area contributed by atoms with Crippen LogP contribution >= 0.6 is 0 Å². The van der Waals surface area contributed by atoms with Crippen molar-refractivity contribution in [1.82, 2.24) is 4.31 Å². The van der Waals surface area contributed by atoms with Crippen LogP contribution in [0.3, 0.4) is 0 Å². The highest BCUT2D eigenvalue weighted by atomic mass is 32.2. The lowest BCUT2D eigenvalue weighted by Gasteiger charge is -2.24. The number of hydrogen-bond donors (Lipinski definition) is 0. The third-order valence-corrected chi connectivity index (χ3v) is 5.55. The number of carbonyl (C=O) groups is 1. The lowest BCUT2D eigenvalue weighted by Crippen LogP contribution is -2.40. The molecule has 0 aliphatic carbocycles. The fourth-order valence-corrected chi connectivity index (χ4v) is 4.09. The molecule has 1 aliphatic rings. The van der Waals surface area contributed by atoms with E-state index in [4.69, 9.17) is 4.74 Å². The van der Waals surface area contributed by atoms with Crippen molar-refractivity contribution < 1.29 is 17.9 Å². The van der Waals surface area contributed by atoms with Crippen molar-refractivity contribution in [2.75, 3.05) is 6.61 Å². The van der Waals surface area contributed by atoms with E-state index in [1.54, 1.807) is 18.2 Å². The molecule has 0 aromatic heterocycles. The van der Waals surface area contributed by atoms with Crippen LogP contribution in [-0.2, 0) is 19.6 Å². The van der Waals surface area contributed by atoms with Gasteiger partial charge in [0.25, 0.3) is 10.0 Å². The van der Waals surface area contributed by atoms with Crippen molar-refractivity contribution in [3.8, 4) is 0 Å². The van der Waals surface area contributed by atoms with Crippen molar-refractivity contribution in [3.63, 3.8) is 0 Å². The van der Waals surface area contributed by atoms with Gasteiger partial charge in [0, 0.05) is 19.4 Å². The predicted molar refractivity (Wildman–Crippen MR) is 83.6 cm³/mol. The van der Waals surface area contributed by atoms with E-state index in [0.29, 0.717) is 13.0 Å². The van der Waals surface area contributed by atoms with Gasteiger partial charge in [-0.05, 0) is 18.6 Å². The summed E-state index contributed by atoms with van der Waals surface area (Å²) in [5.74, 6) is -0.387. The number of ether oxygens (including phenoxy) is 1. The fourth-order valence-electron chi connectivity index (χ4n) is 2.53. The Balaban J connectivity index is 2.05. The maximum atomic E-state index is 12.6. The zero-order valence-electron chi connectivity index (χ0n) is 12.9. The average Bonchev–Trinajstić information content (AvgIpc) is 2.89. The van der Waals surface area contributed by atoms with Gasteiger partial charge in [0.05, 0.1) is 4.90 Å². The second-order valence-electron chi connectivity index (χ2n) is 5.43. The number of unbranched alkanes of at least 4 members (excludes halogenated alkanes) is 3. The normalized spacial score (nSPS) is 18.9. The molecule has 1 aromatic carbocycles. The minimum absolute atomic E-state index is 0.129. The van der Waals surface area contributed by atoms with E-state index >= 15 is 0 Å². The van der Waals surface area contributed by atoms with Gasteiger partial charge in [-0.3, -0.25) is 4.79 Å². The van der Waals surface area contributed by atoms with Crippen molar-refractivity contribution in [3.05, 3.63) is 30.3 Å². The van der Waals surface area contributed by atoms with Crippen LogP contribution in [0.15, 0.2) is 35.2 Å². The second-order valence-corrected chi connectivity index (χ2v) is 7.25. The molecule has 0 saturated carbocycles. The molecule has 0 spiro atoms. The first kappa shape index (κ1) is 17.0. The number of amides is 1. The molecule has 1 amide bonds. The highest BCUT2D eigenvalue weighted by Crippen LogP contribution is 2.27. The van der Waals surface area contributed by atoms with E-state index in [1.165, 1.54) is 12.1 Å². The van der Waals surface area contributed by atoms with Crippen LogP contribution in [0.4, 0.5) is 0 Å². The van der Waals surface area contributed by atoms with Gasteiger partial charge in [-0.2, -0.15) is 0 Å². The molecule has 6 heteroatoms. The Labute approximate surface area is 132 Å². The van der Waals surface area contributed by atoms with Gasteiger partial charge in [0.2, 0.25) is 5.91 Å². The van der Waals surface area contributed by atoms with Crippen LogP contribution in [-0.4, -0.2) is 31.5 Å². The Kier molecular flexibility index (Phi) is 5.97. The summed E-state index contributed by atoms with van der Waals surface area (Å²) in [7, 11) is -3.83. The first-order valence-corrected chi connectivity index (χ1v) is 9.25. The minimum atomic E-state index is -3.83. The second kappa shape index (κ2) is 7.74. The summed E-state index contributed by atoms with van der Waals surface area (Å²) in [6.45, 7) is 2.61. The van der Waals surface area contributed by atoms with E-state index < -0.39 is 16.3 Å². The number of carbonyl (C=O) groups excluding carboxylic acids is 1. The molecule has 1 heterocycles. The standard InChI is InChI=1S/C16H23NO4S/c1-2-3-4-8-13-21-16-12-11-15(18)17(16)22(19,20)14-9-6-5-7-10-14/h5-7,9-10,16H,2-4,8,11-13H2,1H3/t16-/m0/s1. The van der Waals surface area contributed by atoms with Crippen LogP contribution in [0.2, 0.25) is 0 Å². The number of rotatable bonds is 8. The van der Waals surface area contributed by atoms with Crippen molar-refractivity contribution >= 4 is 15.9 Å². The maximum absolute atomic E-state index is 12.6. The maximum Gasteiger partial charge on any atom is 0.268 e. The molecule has 1 saturated heterocycles. The Morgan fingerprint density at radius 2 is 1.91 bits per heavy atom. The summed E-state index contributed by atoms with van der Waals surface area (Å²) in [6, 6.07) is 8.03. The van der Waals surface area contributed by atoms with E-state index in [9.17, 15) is 13.2 Å². The Bertz CT molecular complexity index is 585. The summed E-state index contributed by atoms with van der Waals surface area (Å²) in [6.07, 6.45) is 4.19. The molecule has 5 nitrogen and oxygen atoms in total. The summed E-state index contributed by atoms with van der Waals surface area (Å²) >= 11 is 0. The summed E-state index contributed by atoms with van der Waals surface area (Å²) < 4.78 is 31.8. The van der Waals surface area contributed by atoms with Gasteiger partial charge in [-0.1, -0.05) is 44.4 Å². The number of sulfonamides is 1. The lowest BCUT2D eigenvalue weighted by molar-refractivity contribution is -0.128. The quantitative estimate of drug-likeness (QED) is 0.689. The lowest BCUT2D eigenvalue weighted by atomic mass is 10.2. The third-order valence-electron chi connectivity index (χ3n) is 3.72. The Hall–Kier alpha value is -1.40. The largest absolute Gasteiger partial charge is 0.357 e. The highest BCUT2D eigenvalue weighted by molar-refractivity contribution is 7.89. The molecule has 0 N–H and O–H groups in total. The van der Waals surface area contributed by atoms with E-state index in [0.717, 1.165) is 30.0 Å². The molecule has 1 atom stereocenters. The highest BCUT2D eigenvalue weighted by Gasteiger charge is 2.41. The zero-order valence-corrected chi connectivity index (χ0v) is 13.7. The zero-order chi connectivity index (χ0) is 16.0. The monoisotopic (exact) mass is 325 g/mol. The van der Waals surface area contributed by atoms with E-state index in [1.807, 2.05) is 0 Å². The molecule has 1 fully saturated rings. The number of hydrogen-bond acceptors (Lipinski definition) is 4. The van der Waals surface area contributed by atoms with Crippen molar-refractivity contribution in [1.29, 1.82) is 0 Å². The van der Waals surface area contributed by atoms with Crippen LogP contribution in [0.25, 0.3) is 0 Å². The number of benzene rings is 1. The SMILES string of the molecule is CCCCCCO[C@H]1CCC(=O)N1S(=O)(=O)c1ccccc1. The van der Waals surface area contributed by atoms with Gasteiger partial charge in [-0.25, -0.2) is 12.7 Å². The minimum Gasteiger partial charge on any atom is -0.357 e. The molecule has 0 radical (unpaired) electrons. The molecular formula is C16H23NO4S. The van der Waals surface area contributed by atoms with Gasteiger partial charge in [0.15, 0.2) is 0 Å². The molecule has 2 rings (SSSR count). The molecule has 122 valence electrons. The first-order chi connectivity index (χ1) is 10.6. The third kappa shape index (κ3) is 3.87. The van der Waals surface area contributed by atoms with Crippen molar-refractivity contribution in [2.24, 2.45) is 0 Å². The van der Waals surface area contributed by atoms with E-state index in [2.05, 4.69) is 6.92 Å². The van der Waals surface area contributed by atoms with Crippen LogP contribution in [0.1, 0.15) is 45.4 Å². The summed E-state index contributed by atoms with van der Waals surface area (Å²) in [4.78, 5) is 12.1. The van der Waals surface area contributed by atoms with Gasteiger partial charge in [-0.15, -0.1) is 0 Å². The summed E-state index contributed by atoms with van der Waals surface area (Å²) in [5.41, 5.74) is 0. The van der Waals surface area contributed by atoms with Crippen molar-refractivity contribution in [2.45, 2.75) is 56.6 Å². The number of nitrogens with zero attached hydrogens (tertiary/aromatic N) is 1. The molecule has 22 heavy (non-hydrogen) atoms. The Morgan fingerprint density at radius 3 is 2.59 bits per heavy atom. The Morgan fingerprint density at radius 1 is 1.18 bits per heavy atom. The average molecular weight is 325 g/mol. The van der Waals surface area contributed by atoms with Crippen LogP contribution < -0.4 is 0 Å². The molecular weight excluding hydrogens is 302 g/mol. The molecule has 0 unspecified atom stereocenters.